The van der Waals surface area contributed by atoms with Crippen molar-refractivity contribution >= 4 is 43.4 Å². The maximum Gasteiger partial charge on any atom is 0.114 e. The van der Waals surface area contributed by atoms with Gasteiger partial charge >= 0.3 is 0 Å². The molecule has 278 valence electrons. The first-order chi connectivity index (χ1) is 29.2. The summed E-state index contributed by atoms with van der Waals surface area (Å²) in [5.74, 6) is 1.06. The van der Waals surface area contributed by atoms with E-state index in [-0.39, 0.29) is 0 Å². The second kappa shape index (κ2) is 14.4. The molecule has 10 aromatic carbocycles. The number of hydrogen-bond donors (Lipinski definition) is 0. The summed E-state index contributed by atoms with van der Waals surface area (Å²) in [6.07, 6.45) is 0.834. The minimum absolute atomic E-state index is 0.834. The second-order valence-corrected chi connectivity index (χ2v) is 15.3. The largest absolute Gasteiger partial charge is 0.296 e. The summed E-state index contributed by atoms with van der Waals surface area (Å²) in [7, 11) is 0. The van der Waals surface area contributed by atoms with E-state index in [2.05, 4.69) is 224 Å². The quantitative estimate of drug-likeness (QED) is 0.148. The fraction of sp³-hybridized carbons (Fsp3) is 0.0351. The topological polar surface area (TPSA) is 17.8 Å². The van der Waals surface area contributed by atoms with Gasteiger partial charge in [-0.05, 0) is 113 Å². The SMILES string of the molecule is CCc1nc2ccccc2n1-c1ccc(-c2c3ccccc3c(-c3cc(-c4ccccc4)ccc3-c3ccccc3)c3ccc(-c4ccccc4)cc23)c2ccccc12. The zero-order valence-electron chi connectivity index (χ0n) is 32.8. The van der Waals surface area contributed by atoms with Gasteiger partial charge in [0.2, 0.25) is 0 Å². The highest BCUT2D eigenvalue weighted by Gasteiger charge is 2.23. The number of rotatable bonds is 7. The summed E-state index contributed by atoms with van der Waals surface area (Å²) in [4.78, 5) is 5.07. The minimum atomic E-state index is 0.834. The van der Waals surface area contributed by atoms with Crippen LogP contribution < -0.4 is 0 Å². The molecule has 0 radical (unpaired) electrons. The predicted molar refractivity (Wildman–Crippen MR) is 250 cm³/mol. The molecule has 0 unspecified atom stereocenters. The van der Waals surface area contributed by atoms with E-state index in [0.29, 0.717) is 0 Å². The fourth-order valence-electron chi connectivity index (χ4n) is 9.28. The number of aromatic nitrogens is 2. The number of nitrogens with zero attached hydrogens (tertiary/aromatic N) is 2. The molecule has 1 heterocycles. The van der Waals surface area contributed by atoms with Crippen LogP contribution in [0.15, 0.2) is 212 Å². The number of fused-ring (bicyclic) bond motifs is 4. The van der Waals surface area contributed by atoms with Crippen LogP contribution in [0.1, 0.15) is 12.7 Å². The summed E-state index contributed by atoms with van der Waals surface area (Å²) in [6, 6.07) is 77.6. The molecule has 0 N–H and O–H groups in total. The van der Waals surface area contributed by atoms with Crippen LogP contribution >= 0.6 is 0 Å². The van der Waals surface area contributed by atoms with E-state index in [4.69, 9.17) is 4.98 Å². The molecule has 0 saturated heterocycles. The molecule has 59 heavy (non-hydrogen) atoms. The Hall–Kier alpha value is -7.55. The lowest BCUT2D eigenvalue weighted by Crippen LogP contribution is -2.01. The lowest BCUT2D eigenvalue weighted by atomic mass is 9.81. The van der Waals surface area contributed by atoms with Crippen LogP contribution in [-0.4, -0.2) is 9.55 Å². The average molecular weight is 753 g/mol. The third kappa shape index (κ3) is 5.84. The van der Waals surface area contributed by atoms with Crippen LogP contribution in [0.5, 0.6) is 0 Å². The molecule has 0 atom stereocenters. The van der Waals surface area contributed by atoms with Crippen molar-refractivity contribution in [1.82, 2.24) is 9.55 Å². The predicted octanol–water partition coefficient (Wildman–Crippen LogP) is 15.4. The van der Waals surface area contributed by atoms with Gasteiger partial charge in [0.15, 0.2) is 0 Å². The van der Waals surface area contributed by atoms with E-state index in [1.54, 1.807) is 0 Å². The Morgan fingerprint density at radius 2 is 0.864 bits per heavy atom. The molecule has 2 heteroatoms. The first-order valence-electron chi connectivity index (χ1n) is 20.5. The number of aryl methyl sites for hydroxylation is 1. The van der Waals surface area contributed by atoms with Gasteiger partial charge in [-0.3, -0.25) is 4.57 Å². The lowest BCUT2D eigenvalue weighted by molar-refractivity contribution is 0.913. The van der Waals surface area contributed by atoms with Crippen molar-refractivity contribution < 1.29 is 0 Å². The van der Waals surface area contributed by atoms with Crippen molar-refractivity contribution in [1.29, 1.82) is 0 Å². The molecule has 2 nitrogen and oxygen atoms in total. The fourth-order valence-corrected chi connectivity index (χ4v) is 9.28. The van der Waals surface area contributed by atoms with Crippen molar-refractivity contribution in [2.75, 3.05) is 0 Å². The highest BCUT2D eigenvalue weighted by molar-refractivity contribution is 6.25. The Balaban J connectivity index is 1.26. The minimum Gasteiger partial charge on any atom is -0.296 e. The summed E-state index contributed by atoms with van der Waals surface area (Å²) in [6.45, 7) is 2.19. The third-order valence-corrected chi connectivity index (χ3v) is 12.0. The van der Waals surface area contributed by atoms with Gasteiger partial charge < -0.3 is 0 Å². The van der Waals surface area contributed by atoms with Gasteiger partial charge in [0.25, 0.3) is 0 Å². The standard InChI is InChI=1S/C57H40N2/c1-2-55-58-52-28-16-17-29-54(52)59(55)53-35-34-48(44-24-12-13-25-45(44)53)56-46-26-14-15-27-47(46)57(49-33-31-42(37-51(49)56)39-20-8-4-9-21-39)50-36-41(38-18-6-3-7-19-38)30-32-43(50)40-22-10-5-11-23-40/h3-37H,2H2,1H3. The van der Waals surface area contributed by atoms with E-state index in [9.17, 15) is 0 Å². The van der Waals surface area contributed by atoms with Crippen LogP contribution in [-0.2, 0) is 6.42 Å². The molecule has 0 saturated carbocycles. The van der Waals surface area contributed by atoms with Gasteiger partial charge in [-0.2, -0.15) is 0 Å². The number of benzene rings is 10. The van der Waals surface area contributed by atoms with E-state index in [1.165, 1.54) is 88.0 Å². The highest BCUT2D eigenvalue weighted by Crippen LogP contribution is 2.49. The second-order valence-electron chi connectivity index (χ2n) is 15.3. The van der Waals surface area contributed by atoms with E-state index < -0.39 is 0 Å². The van der Waals surface area contributed by atoms with Gasteiger partial charge in [0.05, 0.1) is 16.7 Å². The van der Waals surface area contributed by atoms with E-state index >= 15 is 0 Å². The molecule has 0 fully saturated rings. The Labute approximate surface area is 344 Å². The van der Waals surface area contributed by atoms with Crippen LogP contribution in [0, 0.1) is 0 Å². The molecule has 0 aliphatic carbocycles. The third-order valence-electron chi connectivity index (χ3n) is 12.0. The molecule has 0 amide bonds. The molecule has 11 rings (SSSR count). The van der Waals surface area contributed by atoms with Crippen molar-refractivity contribution in [3.8, 4) is 61.3 Å². The van der Waals surface area contributed by atoms with Crippen molar-refractivity contribution in [2.24, 2.45) is 0 Å². The van der Waals surface area contributed by atoms with Gasteiger partial charge in [-0.1, -0.05) is 189 Å². The highest BCUT2D eigenvalue weighted by atomic mass is 15.1. The Morgan fingerprint density at radius 1 is 0.356 bits per heavy atom. The summed E-state index contributed by atoms with van der Waals surface area (Å²) in [5, 5.41) is 7.32. The average Bonchev–Trinajstić information content (AvgIpc) is 3.69. The molecule has 11 aromatic rings. The van der Waals surface area contributed by atoms with Gasteiger partial charge in [-0.25, -0.2) is 4.98 Å². The molecular weight excluding hydrogens is 713 g/mol. The molecule has 0 bridgehead atoms. The molecular formula is C57H40N2. The summed E-state index contributed by atoms with van der Waals surface area (Å²) in [5.41, 5.74) is 15.4. The summed E-state index contributed by atoms with van der Waals surface area (Å²) < 4.78 is 2.36. The maximum absolute atomic E-state index is 5.07. The lowest BCUT2D eigenvalue weighted by Gasteiger charge is -2.22. The van der Waals surface area contributed by atoms with Gasteiger partial charge in [0.1, 0.15) is 5.82 Å². The van der Waals surface area contributed by atoms with Gasteiger partial charge in [0, 0.05) is 11.8 Å². The first-order valence-corrected chi connectivity index (χ1v) is 20.5. The Bertz CT molecular complexity index is 3340. The van der Waals surface area contributed by atoms with Crippen LogP contribution in [0.4, 0.5) is 0 Å². The van der Waals surface area contributed by atoms with E-state index in [0.717, 1.165) is 29.0 Å². The van der Waals surface area contributed by atoms with Gasteiger partial charge in [-0.15, -0.1) is 0 Å². The Kier molecular flexibility index (Phi) is 8.48. The zero-order chi connectivity index (χ0) is 39.3. The normalized spacial score (nSPS) is 11.5. The summed E-state index contributed by atoms with van der Waals surface area (Å²) >= 11 is 0. The van der Waals surface area contributed by atoms with E-state index in [1.807, 2.05) is 0 Å². The number of para-hydroxylation sites is 2. The molecule has 1 aromatic heterocycles. The van der Waals surface area contributed by atoms with Crippen molar-refractivity contribution in [3.63, 3.8) is 0 Å². The number of imidazole rings is 1. The smallest absolute Gasteiger partial charge is 0.114 e. The Morgan fingerprint density at radius 3 is 1.54 bits per heavy atom. The monoisotopic (exact) mass is 752 g/mol. The zero-order valence-corrected chi connectivity index (χ0v) is 32.8. The first kappa shape index (κ1) is 34.7. The maximum atomic E-state index is 5.07. The van der Waals surface area contributed by atoms with Crippen LogP contribution in [0.25, 0.3) is 105 Å². The van der Waals surface area contributed by atoms with Crippen LogP contribution in [0.3, 0.4) is 0 Å². The van der Waals surface area contributed by atoms with Crippen molar-refractivity contribution in [2.45, 2.75) is 13.3 Å². The van der Waals surface area contributed by atoms with Crippen molar-refractivity contribution in [3.05, 3.63) is 218 Å². The molecule has 0 aliphatic heterocycles. The number of hydrogen-bond acceptors (Lipinski definition) is 1. The van der Waals surface area contributed by atoms with Crippen LogP contribution in [0.2, 0.25) is 0 Å². The molecule has 0 spiro atoms. The molecule has 0 aliphatic rings.